The molecule has 0 bridgehead atoms. The Morgan fingerprint density at radius 3 is 2.86 bits per heavy atom. The number of nitrogens with zero attached hydrogens (tertiary/aromatic N) is 2. The van der Waals surface area contributed by atoms with E-state index in [0.717, 1.165) is 67.5 Å². The number of benzene rings is 2. The predicted molar refractivity (Wildman–Crippen MR) is 141 cm³/mol. The van der Waals surface area contributed by atoms with Crippen LogP contribution in [0.3, 0.4) is 0 Å². The number of rotatable bonds is 8. The van der Waals surface area contributed by atoms with Gasteiger partial charge in [-0.25, -0.2) is 14.4 Å². The summed E-state index contributed by atoms with van der Waals surface area (Å²) in [6, 6.07) is 13.7. The second kappa shape index (κ2) is 8.96. The van der Waals surface area contributed by atoms with Gasteiger partial charge in [0.25, 0.3) is 0 Å². The average Bonchev–Trinajstić information content (AvgIpc) is 3.49. The highest BCUT2D eigenvalue weighted by molar-refractivity contribution is 7.22. The van der Waals surface area contributed by atoms with Crippen molar-refractivity contribution in [1.29, 1.82) is 0 Å². The molecule has 0 amide bonds. The maximum absolute atomic E-state index is 14.3. The Morgan fingerprint density at radius 1 is 1.14 bits per heavy atom. The molecule has 1 aliphatic rings. The molecule has 6 rings (SSSR count). The maximum Gasteiger partial charge on any atom is 0.147 e. The zero-order chi connectivity index (χ0) is 23.9. The Bertz CT molecular complexity index is 1540. The van der Waals surface area contributed by atoms with Crippen LogP contribution in [-0.4, -0.2) is 28.1 Å². The quantitative estimate of drug-likeness (QED) is 0.247. The van der Waals surface area contributed by atoms with Crippen LogP contribution >= 0.6 is 11.3 Å². The van der Waals surface area contributed by atoms with E-state index in [9.17, 15) is 4.39 Å². The van der Waals surface area contributed by atoms with Crippen molar-refractivity contribution < 1.29 is 9.13 Å². The van der Waals surface area contributed by atoms with Crippen molar-refractivity contribution in [2.24, 2.45) is 5.92 Å². The van der Waals surface area contributed by atoms with Crippen LogP contribution < -0.4 is 10.1 Å². The van der Waals surface area contributed by atoms with E-state index < -0.39 is 0 Å². The molecule has 7 heteroatoms. The highest BCUT2D eigenvalue weighted by atomic mass is 32.1. The van der Waals surface area contributed by atoms with Gasteiger partial charge in [0, 0.05) is 28.1 Å². The zero-order valence-electron chi connectivity index (χ0n) is 19.8. The first kappa shape index (κ1) is 22.0. The number of thiophene rings is 1. The number of ether oxygens (including phenoxy) is 1. The van der Waals surface area contributed by atoms with Crippen LogP contribution in [0, 0.1) is 25.6 Å². The number of aryl methyl sites for hydroxylation is 2. The molecule has 178 valence electrons. The normalized spacial score (nSPS) is 13.6. The van der Waals surface area contributed by atoms with Crippen molar-refractivity contribution in [3.05, 3.63) is 71.4 Å². The Kier molecular flexibility index (Phi) is 5.65. The minimum absolute atomic E-state index is 0.210. The van der Waals surface area contributed by atoms with E-state index in [2.05, 4.69) is 32.4 Å². The van der Waals surface area contributed by atoms with Crippen molar-refractivity contribution in [2.45, 2.75) is 33.1 Å². The molecule has 0 atom stereocenters. The molecule has 35 heavy (non-hydrogen) atoms. The maximum atomic E-state index is 14.3. The fourth-order valence-electron chi connectivity index (χ4n) is 4.66. The van der Waals surface area contributed by atoms with Crippen molar-refractivity contribution in [3.63, 3.8) is 0 Å². The number of aromatic amines is 1. The molecule has 5 aromatic rings. The lowest BCUT2D eigenvalue weighted by atomic mass is 10.0. The lowest BCUT2D eigenvalue weighted by molar-refractivity contribution is 0.301. The molecule has 0 spiro atoms. The molecule has 0 unspecified atom stereocenters. The van der Waals surface area contributed by atoms with Gasteiger partial charge in [-0.3, -0.25) is 0 Å². The summed E-state index contributed by atoms with van der Waals surface area (Å²) in [4.78, 5) is 13.4. The molecule has 3 aromatic heterocycles. The fraction of sp³-hybridized carbons (Fsp3) is 0.286. The van der Waals surface area contributed by atoms with Crippen molar-refractivity contribution in [1.82, 2.24) is 15.0 Å². The van der Waals surface area contributed by atoms with E-state index in [0.29, 0.717) is 18.0 Å². The number of aromatic nitrogens is 3. The number of nitrogens with one attached hydrogen (secondary N) is 2. The van der Waals surface area contributed by atoms with E-state index in [4.69, 9.17) is 4.74 Å². The summed E-state index contributed by atoms with van der Waals surface area (Å²) in [6.45, 7) is 5.50. The van der Waals surface area contributed by atoms with Crippen molar-refractivity contribution in [3.8, 4) is 16.2 Å². The van der Waals surface area contributed by atoms with Crippen molar-refractivity contribution in [2.75, 3.05) is 18.5 Å². The first-order valence-corrected chi connectivity index (χ1v) is 12.9. The Hall–Kier alpha value is -3.45. The summed E-state index contributed by atoms with van der Waals surface area (Å²) >= 11 is 1.68. The van der Waals surface area contributed by atoms with Crippen molar-refractivity contribution >= 4 is 38.3 Å². The summed E-state index contributed by atoms with van der Waals surface area (Å²) < 4.78 is 21.5. The third-order valence-corrected chi connectivity index (χ3v) is 7.90. The average molecular weight is 487 g/mol. The standard InChI is InChI=1S/C28H27FN4OS/c1-16-7-10-21(29)26-25(16)19(17(2)33-26)11-12-30-28-27-22(31-15-32-28)13-24(35-27)20-5-3-4-6-23(20)34-14-18-8-9-18/h3-7,10,13,15,18,33H,8-9,11-12,14H2,1-2H3,(H,30,31,32). The van der Waals surface area contributed by atoms with Gasteiger partial charge in [-0.2, -0.15) is 0 Å². The summed E-state index contributed by atoms with van der Waals surface area (Å²) in [5, 5.41) is 4.48. The van der Waals surface area contributed by atoms with Crippen LogP contribution in [0.4, 0.5) is 10.2 Å². The molecule has 2 aromatic carbocycles. The van der Waals surface area contributed by atoms with Crippen LogP contribution in [0.25, 0.3) is 31.6 Å². The number of H-pyrrole nitrogens is 1. The molecular formula is C28H27FN4OS. The monoisotopic (exact) mass is 486 g/mol. The van der Waals surface area contributed by atoms with Crippen LogP contribution in [0.15, 0.2) is 48.8 Å². The molecule has 3 heterocycles. The predicted octanol–water partition coefficient (Wildman–Crippen LogP) is 7.04. The smallest absolute Gasteiger partial charge is 0.147 e. The van der Waals surface area contributed by atoms with Gasteiger partial charge >= 0.3 is 0 Å². The highest BCUT2D eigenvalue weighted by Gasteiger charge is 2.23. The van der Waals surface area contributed by atoms with E-state index in [1.54, 1.807) is 17.7 Å². The topological polar surface area (TPSA) is 62.8 Å². The molecule has 5 nitrogen and oxygen atoms in total. The number of halogens is 1. The second-order valence-electron chi connectivity index (χ2n) is 9.32. The SMILES string of the molecule is Cc1[nH]c2c(F)ccc(C)c2c1CCNc1ncnc2cc(-c3ccccc3OCC3CC3)sc12. The van der Waals surface area contributed by atoms with Crippen LogP contribution in [0.5, 0.6) is 5.75 Å². The molecule has 0 saturated heterocycles. The Morgan fingerprint density at radius 2 is 2.00 bits per heavy atom. The number of fused-ring (bicyclic) bond motifs is 2. The molecule has 0 aliphatic heterocycles. The lowest BCUT2D eigenvalue weighted by Gasteiger charge is -2.09. The van der Waals surface area contributed by atoms with Gasteiger partial charge in [-0.05, 0) is 74.4 Å². The van der Waals surface area contributed by atoms with Gasteiger partial charge in [0.2, 0.25) is 0 Å². The number of hydrogen-bond donors (Lipinski definition) is 2. The first-order valence-electron chi connectivity index (χ1n) is 12.1. The molecule has 0 radical (unpaired) electrons. The summed E-state index contributed by atoms with van der Waals surface area (Å²) in [6.07, 6.45) is 4.90. The Balaban J connectivity index is 1.25. The van der Waals surface area contributed by atoms with E-state index >= 15 is 0 Å². The minimum atomic E-state index is -0.210. The van der Waals surface area contributed by atoms with Gasteiger partial charge in [0.05, 0.1) is 22.3 Å². The first-order chi connectivity index (χ1) is 17.1. The van der Waals surface area contributed by atoms with E-state index in [1.165, 1.54) is 18.9 Å². The molecule has 1 saturated carbocycles. The number of hydrogen-bond acceptors (Lipinski definition) is 5. The van der Waals surface area contributed by atoms with Crippen LogP contribution in [-0.2, 0) is 6.42 Å². The van der Waals surface area contributed by atoms with Gasteiger partial charge in [-0.1, -0.05) is 18.2 Å². The zero-order valence-corrected chi connectivity index (χ0v) is 20.6. The summed E-state index contributed by atoms with van der Waals surface area (Å²) in [5.41, 5.74) is 5.82. The fourth-order valence-corrected chi connectivity index (χ4v) is 5.77. The largest absolute Gasteiger partial charge is 0.493 e. The summed E-state index contributed by atoms with van der Waals surface area (Å²) in [5.74, 6) is 2.24. The second-order valence-corrected chi connectivity index (χ2v) is 10.4. The minimum Gasteiger partial charge on any atom is -0.493 e. The molecule has 2 N–H and O–H groups in total. The molecule has 1 aliphatic carbocycles. The molecule has 1 fully saturated rings. The van der Waals surface area contributed by atoms with Crippen LogP contribution in [0.1, 0.15) is 29.7 Å². The number of para-hydroxylation sites is 1. The van der Waals surface area contributed by atoms with Crippen LogP contribution in [0.2, 0.25) is 0 Å². The lowest BCUT2D eigenvalue weighted by Crippen LogP contribution is -2.07. The van der Waals surface area contributed by atoms with E-state index in [1.807, 2.05) is 38.1 Å². The van der Waals surface area contributed by atoms with Gasteiger partial charge in [-0.15, -0.1) is 11.3 Å². The third kappa shape index (κ3) is 4.25. The Labute approximate surface area is 207 Å². The highest BCUT2D eigenvalue weighted by Crippen LogP contribution is 2.40. The van der Waals surface area contributed by atoms with E-state index in [-0.39, 0.29) is 5.82 Å². The van der Waals surface area contributed by atoms with Gasteiger partial charge in [0.15, 0.2) is 0 Å². The van der Waals surface area contributed by atoms with Gasteiger partial charge < -0.3 is 15.0 Å². The third-order valence-electron chi connectivity index (χ3n) is 6.73. The summed E-state index contributed by atoms with van der Waals surface area (Å²) in [7, 11) is 0. The number of anilines is 1. The molecular weight excluding hydrogens is 459 g/mol. The van der Waals surface area contributed by atoms with Gasteiger partial charge in [0.1, 0.15) is 23.7 Å².